The van der Waals surface area contributed by atoms with Gasteiger partial charge in [-0.15, -0.1) is 0 Å². The zero-order chi connectivity index (χ0) is 21.8. The quantitative estimate of drug-likeness (QED) is 0.459. The lowest BCUT2D eigenvalue weighted by Crippen LogP contribution is -2.39. The number of nitrogens with zero attached hydrogens (tertiary/aromatic N) is 1. The Balaban J connectivity index is 1.68. The van der Waals surface area contributed by atoms with Gasteiger partial charge in [0, 0.05) is 6.54 Å². The van der Waals surface area contributed by atoms with Crippen molar-refractivity contribution in [2.24, 2.45) is 0 Å². The zero-order valence-corrected chi connectivity index (χ0v) is 18.4. The molecular formula is C25H23Cl2NO3. The number of ether oxygens (including phenoxy) is 1. The number of hydrogen-bond acceptors (Lipinski definition) is 3. The Morgan fingerprint density at radius 3 is 2.52 bits per heavy atom. The molecule has 0 saturated carbocycles. The third-order valence-electron chi connectivity index (χ3n) is 5.59. The number of hydrogen-bond donors (Lipinski definition) is 1. The molecule has 0 radical (unpaired) electrons. The van der Waals surface area contributed by atoms with Crippen LogP contribution in [-0.4, -0.2) is 28.6 Å². The van der Waals surface area contributed by atoms with Gasteiger partial charge < -0.3 is 9.84 Å². The van der Waals surface area contributed by atoms with Crippen LogP contribution in [0.4, 0.5) is 0 Å². The summed E-state index contributed by atoms with van der Waals surface area (Å²) >= 11 is 12.4. The Morgan fingerprint density at radius 2 is 1.77 bits per heavy atom. The van der Waals surface area contributed by atoms with E-state index in [4.69, 9.17) is 27.9 Å². The topological polar surface area (TPSA) is 49.8 Å². The van der Waals surface area contributed by atoms with Gasteiger partial charge in [-0.3, -0.25) is 9.69 Å². The lowest BCUT2D eigenvalue weighted by Gasteiger charge is -2.32. The largest absolute Gasteiger partial charge is 0.489 e. The highest BCUT2D eigenvalue weighted by Gasteiger charge is 2.37. The molecule has 6 heteroatoms. The maximum atomic E-state index is 11.9. The molecule has 2 atom stereocenters. The summed E-state index contributed by atoms with van der Waals surface area (Å²) in [5.74, 6) is -0.0727. The van der Waals surface area contributed by atoms with Crippen molar-refractivity contribution in [3.05, 3.63) is 99.5 Å². The summed E-state index contributed by atoms with van der Waals surface area (Å²) in [6, 6.07) is 22.5. The molecule has 2 unspecified atom stereocenters. The monoisotopic (exact) mass is 455 g/mol. The maximum Gasteiger partial charge on any atom is 0.320 e. The molecule has 1 N–H and O–H groups in total. The summed E-state index contributed by atoms with van der Waals surface area (Å²) < 4.78 is 6.02. The predicted molar refractivity (Wildman–Crippen MR) is 123 cm³/mol. The van der Waals surface area contributed by atoms with E-state index in [0.717, 1.165) is 28.9 Å². The Morgan fingerprint density at radius 1 is 1.00 bits per heavy atom. The van der Waals surface area contributed by atoms with E-state index in [1.807, 2.05) is 71.6 Å². The van der Waals surface area contributed by atoms with Crippen LogP contribution in [-0.2, 0) is 11.4 Å². The van der Waals surface area contributed by atoms with Gasteiger partial charge in [-0.2, -0.15) is 0 Å². The Bertz CT molecular complexity index is 1060. The minimum absolute atomic E-state index is 0.265. The molecule has 3 aromatic rings. The lowest BCUT2D eigenvalue weighted by atomic mass is 9.96. The lowest BCUT2D eigenvalue weighted by molar-refractivity contribution is -0.142. The molecule has 1 heterocycles. The average Bonchev–Trinajstić information content (AvgIpc) is 3.26. The van der Waals surface area contributed by atoms with E-state index in [9.17, 15) is 9.90 Å². The van der Waals surface area contributed by atoms with E-state index in [2.05, 4.69) is 0 Å². The minimum atomic E-state index is -0.806. The van der Waals surface area contributed by atoms with Crippen LogP contribution >= 0.6 is 23.2 Å². The molecule has 0 bridgehead atoms. The van der Waals surface area contributed by atoms with E-state index in [1.54, 1.807) is 6.07 Å². The van der Waals surface area contributed by atoms with E-state index in [0.29, 0.717) is 29.6 Å². The van der Waals surface area contributed by atoms with Gasteiger partial charge in [-0.25, -0.2) is 0 Å². The molecule has 1 aliphatic heterocycles. The normalized spacial score (nSPS) is 17.4. The van der Waals surface area contributed by atoms with Crippen molar-refractivity contribution in [1.29, 1.82) is 0 Å². The van der Waals surface area contributed by atoms with Gasteiger partial charge in [-0.05, 0) is 53.8 Å². The molecule has 0 aromatic heterocycles. The zero-order valence-electron chi connectivity index (χ0n) is 16.9. The van der Waals surface area contributed by atoms with Gasteiger partial charge in [0.15, 0.2) is 0 Å². The first-order valence-electron chi connectivity index (χ1n) is 10.2. The standard InChI is InChI=1S/C25H23Cl2NO3/c26-21-12-11-19(15-22(21)27)24(28-13-5-10-23(28)25(29)30)18-8-4-9-20(14-18)31-16-17-6-2-1-3-7-17/h1-4,6-9,11-12,14-15,23-24H,5,10,13,16H2,(H,29,30). The highest BCUT2D eigenvalue weighted by atomic mass is 35.5. The molecule has 0 aliphatic carbocycles. The third kappa shape index (κ3) is 5.04. The number of rotatable bonds is 7. The Kier molecular flexibility index (Phi) is 6.81. The first-order valence-corrected chi connectivity index (χ1v) is 11.0. The van der Waals surface area contributed by atoms with Gasteiger partial charge in [0.25, 0.3) is 0 Å². The second-order valence-corrected chi connectivity index (χ2v) is 8.47. The van der Waals surface area contributed by atoms with Crippen molar-refractivity contribution < 1.29 is 14.6 Å². The first kappa shape index (κ1) is 21.7. The number of halogens is 2. The number of benzene rings is 3. The number of likely N-dealkylation sites (tertiary alicyclic amines) is 1. The van der Waals surface area contributed by atoms with Crippen molar-refractivity contribution in [3.63, 3.8) is 0 Å². The van der Waals surface area contributed by atoms with Crippen LogP contribution in [0.25, 0.3) is 0 Å². The fourth-order valence-electron chi connectivity index (χ4n) is 4.14. The summed E-state index contributed by atoms with van der Waals surface area (Å²) in [5.41, 5.74) is 2.94. The van der Waals surface area contributed by atoms with E-state index in [1.165, 1.54) is 0 Å². The second kappa shape index (κ2) is 9.73. The van der Waals surface area contributed by atoms with Gasteiger partial charge >= 0.3 is 5.97 Å². The molecule has 1 saturated heterocycles. The van der Waals surface area contributed by atoms with Gasteiger partial charge in [0.05, 0.1) is 16.1 Å². The molecule has 1 aliphatic rings. The van der Waals surface area contributed by atoms with E-state index >= 15 is 0 Å². The molecule has 4 rings (SSSR count). The molecule has 0 spiro atoms. The number of carbonyl (C=O) groups is 1. The fraction of sp³-hybridized carbons (Fsp3) is 0.240. The third-order valence-corrected chi connectivity index (χ3v) is 6.33. The summed E-state index contributed by atoms with van der Waals surface area (Å²) in [4.78, 5) is 13.9. The summed E-state index contributed by atoms with van der Waals surface area (Å²) in [6.07, 6.45) is 1.45. The molecule has 160 valence electrons. The van der Waals surface area contributed by atoms with Crippen molar-refractivity contribution in [2.75, 3.05) is 6.54 Å². The summed E-state index contributed by atoms with van der Waals surface area (Å²) in [6.45, 7) is 1.15. The Hall–Kier alpha value is -2.53. The molecular weight excluding hydrogens is 433 g/mol. The van der Waals surface area contributed by atoms with E-state index < -0.39 is 12.0 Å². The predicted octanol–water partition coefficient (Wildman–Crippen LogP) is 6.21. The fourth-order valence-corrected chi connectivity index (χ4v) is 4.44. The first-order chi connectivity index (χ1) is 15.0. The van der Waals surface area contributed by atoms with Crippen LogP contribution in [0.1, 0.15) is 35.6 Å². The van der Waals surface area contributed by atoms with Crippen LogP contribution in [0.3, 0.4) is 0 Å². The number of aliphatic carboxylic acids is 1. The molecule has 3 aromatic carbocycles. The van der Waals surface area contributed by atoms with Crippen LogP contribution in [0.15, 0.2) is 72.8 Å². The van der Waals surface area contributed by atoms with Crippen molar-refractivity contribution >= 4 is 29.2 Å². The van der Waals surface area contributed by atoms with Gasteiger partial charge in [0.1, 0.15) is 18.4 Å². The number of carboxylic acids is 1. The highest BCUT2D eigenvalue weighted by molar-refractivity contribution is 6.42. The van der Waals surface area contributed by atoms with E-state index in [-0.39, 0.29) is 6.04 Å². The minimum Gasteiger partial charge on any atom is -0.489 e. The summed E-state index contributed by atoms with van der Waals surface area (Å²) in [5, 5.41) is 10.7. The molecule has 31 heavy (non-hydrogen) atoms. The van der Waals surface area contributed by atoms with Crippen LogP contribution in [0.2, 0.25) is 10.0 Å². The molecule has 0 amide bonds. The van der Waals surface area contributed by atoms with Gasteiger partial charge in [0.2, 0.25) is 0 Å². The highest BCUT2D eigenvalue weighted by Crippen LogP contribution is 2.38. The maximum absolute atomic E-state index is 11.9. The van der Waals surface area contributed by atoms with Gasteiger partial charge in [-0.1, -0.05) is 71.7 Å². The smallest absolute Gasteiger partial charge is 0.320 e. The molecule has 4 nitrogen and oxygen atoms in total. The number of carboxylic acid groups (broad SMARTS) is 1. The van der Waals surface area contributed by atoms with Crippen LogP contribution < -0.4 is 4.74 Å². The SMILES string of the molecule is O=C(O)C1CCCN1C(c1cccc(OCc2ccccc2)c1)c1ccc(Cl)c(Cl)c1. The van der Waals surface area contributed by atoms with Crippen molar-refractivity contribution in [2.45, 2.75) is 31.5 Å². The van der Waals surface area contributed by atoms with Crippen LogP contribution in [0, 0.1) is 0 Å². The second-order valence-electron chi connectivity index (χ2n) is 7.66. The van der Waals surface area contributed by atoms with Crippen molar-refractivity contribution in [3.8, 4) is 5.75 Å². The van der Waals surface area contributed by atoms with Crippen LogP contribution in [0.5, 0.6) is 5.75 Å². The summed E-state index contributed by atoms with van der Waals surface area (Å²) in [7, 11) is 0. The average molecular weight is 456 g/mol. The Labute approximate surface area is 192 Å². The van der Waals surface area contributed by atoms with Crippen molar-refractivity contribution in [1.82, 2.24) is 4.90 Å². The molecule has 1 fully saturated rings.